The van der Waals surface area contributed by atoms with Crippen LogP contribution in [0.1, 0.15) is 31.1 Å². The molecule has 0 radical (unpaired) electrons. The lowest BCUT2D eigenvalue weighted by Crippen LogP contribution is -2.34. The summed E-state index contributed by atoms with van der Waals surface area (Å²) < 4.78 is 11.4. The van der Waals surface area contributed by atoms with E-state index >= 15 is 0 Å². The Morgan fingerprint density at radius 1 is 1.44 bits per heavy atom. The lowest BCUT2D eigenvalue weighted by atomic mass is 10.1. The van der Waals surface area contributed by atoms with Gasteiger partial charge in [0, 0.05) is 25.2 Å². The van der Waals surface area contributed by atoms with Gasteiger partial charge in [-0.2, -0.15) is 0 Å². The van der Waals surface area contributed by atoms with Gasteiger partial charge in [-0.25, -0.2) is 0 Å². The van der Waals surface area contributed by atoms with E-state index in [-0.39, 0.29) is 0 Å². The SMILES string of the molecule is CCNCc1coc(COC2CCN(C)CC2)c1. The van der Waals surface area contributed by atoms with E-state index in [9.17, 15) is 0 Å². The molecule has 0 bridgehead atoms. The van der Waals surface area contributed by atoms with Crippen LogP contribution in [-0.2, 0) is 17.9 Å². The largest absolute Gasteiger partial charge is 0.467 e. The maximum atomic E-state index is 5.89. The van der Waals surface area contributed by atoms with Crippen LogP contribution in [0.2, 0.25) is 0 Å². The van der Waals surface area contributed by atoms with Crippen molar-refractivity contribution in [3.8, 4) is 0 Å². The quantitative estimate of drug-likeness (QED) is 0.840. The van der Waals surface area contributed by atoms with Crippen LogP contribution < -0.4 is 5.32 Å². The number of hydrogen-bond acceptors (Lipinski definition) is 4. The highest BCUT2D eigenvalue weighted by Crippen LogP contribution is 2.15. The molecule has 1 N–H and O–H groups in total. The Morgan fingerprint density at radius 2 is 2.22 bits per heavy atom. The zero-order valence-electron chi connectivity index (χ0n) is 11.4. The number of nitrogens with zero attached hydrogens (tertiary/aromatic N) is 1. The first-order valence-electron chi connectivity index (χ1n) is 6.85. The van der Waals surface area contributed by atoms with Crippen molar-refractivity contribution in [3.05, 3.63) is 23.7 Å². The average molecular weight is 252 g/mol. The number of rotatable bonds is 6. The molecule has 1 aliphatic heterocycles. The Kier molecular flexibility index (Phi) is 5.23. The Labute approximate surface area is 109 Å². The first-order valence-corrected chi connectivity index (χ1v) is 6.85. The predicted octanol–water partition coefficient (Wildman–Crippen LogP) is 2.00. The van der Waals surface area contributed by atoms with E-state index in [0.717, 1.165) is 44.8 Å². The molecule has 0 amide bonds. The summed E-state index contributed by atoms with van der Waals surface area (Å²) in [5.74, 6) is 0.932. The smallest absolute Gasteiger partial charge is 0.129 e. The van der Waals surface area contributed by atoms with Crippen LogP contribution in [0.5, 0.6) is 0 Å². The summed E-state index contributed by atoms with van der Waals surface area (Å²) in [7, 11) is 2.16. The molecule has 1 saturated heterocycles. The third kappa shape index (κ3) is 4.12. The summed E-state index contributed by atoms with van der Waals surface area (Å²) in [6.07, 6.45) is 4.46. The Hall–Kier alpha value is -0.840. The van der Waals surface area contributed by atoms with Gasteiger partial charge < -0.3 is 19.4 Å². The second kappa shape index (κ2) is 6.92. The molecule has 0 unspecified atom stereocenters. The van der Waals surface area contributed by atoms with Crippen LogP contribution >= 0.6 is 0 Å². The maximum absolute atomic E-state index is 5.89. The van der Waals surface area contributed by atoms with E-state index in [2.05, 4.69) is 30.3 Å². The van der Waals surface area contributed by atoms with Gasteiger partial charge in [0.05, 0.1) is 12.4 Å². The van der Waals surface area contributed by atoms with Gasteiger partial charge >= 0.3 is 0 Å². The molecule has 18 heavy (non-hydrogen) atoms. The van der Waals surface area contributed by atoms with E-state index in [0.29, 0.717) is 12.7 Å². The fourth-order valence-electron chi connectivity index (χ4n) is 2.22. The summed E-state index contributed by atoms with van der Waals surface area (Å²) in [5.41, 5.74) is 1.19. The number of piperidine rings is 1. The van der Waals surface area contributed by atoms with Gasteiger partial charge in [0.2, 0.25) is 0 Å². The molecule has 1 aromatic heterocycles. The summed E-state index contributed by atoms with van der Waals surface area (Å²) in [5, 5.41) is 3.28. The predicted molar refractivity (Wildman–Crippen MR) is 71.4 cm³/mol. The van der Waals surface area contributed by atoms with Crippen molar-refractivity contribution in [1.82, 2.24) is 10.2 Å². The van der Waals surface area contributed by atoms with Crippen LogP contribution in [0.25, 0.3) is 0 Å². The molecule has 0 aliphatic carbocycles. The third-order valence-corrected chi connectivity index (χ3v) is 3.41. The van der Waals surface area contributed by atoms with Crippen LogP contribution in [0.15, 0.2) is 16.7 Å². The lowest BCUT2D eigenvalue weighted by molar-refractivity contribution is -0.00478. The molecule has 102 valence electrons. The number of likely N-dealkylation sites (tertiary alicyclic amines) is 1. The monoisotopic (exact) mass is 252 g/mol. The molecule has 0 saturated carbocycles. The third-order valence-electron chi connectivity index (χ3n) is 3.41. The van der Waals surface area contributed by atoms with E-state index in [1.165, 1.54) is 5.56 Å². The summed E-state index contributed by atoms with van der Waals surface area (Å²) >= 11 is 0. The second-order valence-corrected chi connectivity index (χ2v) is 5.02. The summed E-state index contributed by atoms with van der Waals surface area (Å²) in [6, 6.07) is 2.08. The molecule has 2 heterocycles. The van der Waals surface area contributed by atoms with E-state index < -0.39 is 0 Å². The molecule has 2 rings (SSSR count). The fraction of sp³-hybridized carbons (Fsp3) is 0.714. The van der Waals surface area contributed by atoms with Crippen molar-refractivity contribution in [2.45, 2.75) is 39.0 Å². The van der Waals surface area contributed by atoms with Gasteiger partial charge in [0.1, 0.15) is 12.4 Å². The molecule has 0 atom stereocenters. The normalized spacial score (nSPS) is 18.3. The van der Waals surface area contributed by atoms with Crippen molar-refractivity contribution < 1.29 is 9.15 Å². The molecule has 4 heteroatoms. The summed E-state index contributed by atoms with van der Waals surface area (Å²) in [6.45, 7) is 6.81. The standard InChI is InChI=1S/C14H24N2O2/c1-3-15-9-12-8-14(17-10-12)11-18-13-4-6-16(2)7-5-13/h8,10,13,15H,3-7,9,11H2,1-2H3. The molecule has 0 spiro atoms. The highest BCUT2D eigenvalue weighted by molar-refractivity contribution is 5.12. The molecule has 0 aromatic carbocycles. The number of nitrogens with one attached hydrogen (secondary N) is 1. The van der Waals surface area contributed by atoms with Gasteiger partial charge in [-0.3, -0.25) is 0 Å². The van der Waals surface area contributed by atoms with Crippen LogP contribution in [0, 0.1) is 0 Å². The molecule has 4 nitrogen and oxygen atoms in total. The van der Waals surface area contributed by atoms with Crippen LogP contribution in [0.4, 0.5) is 0 Å². The van der Waals surface area contributed by atoms with Gasteiger partial charge in [0.15, 0.2) is 0 Å². The zero-order valence-corrected chi connectivity index (χ0v) is 11.4. The fourth-order valence-corrected chi connectivity index (χ4v) is 2.22. The molecule has 1 aromatic rings. The van der Waals surface area contributed by atoms with Crippen molar-refractivity contribution in [3.63, 3.8) is 0 Å². The van der Waals surface area contributed by atoms with Gasteiger partial charge in [-0.1, -0.05) is 6.92 Å². The number of hydrogen-bond donors (Lipinski definition) is 1. The van der Waals surface area contributed by atoms with Crippen LogP contribution in [0.3, 0.4) is 0 Å². The zero-order chi connectivity index (χ0) is 12.8. The highest BCUT2D eigenvalue weighted by Gasteiger charge is 2.17. The molecular formula is C14H24N2O2. The van der Waals surface area contributed by atoms with Gasteiger partial charge in [-0.05, 0) is 32.5 Å². The summed E-state index contributed by atoms with van der Waals surface area (Å²) in [4.78, 5) is 2.35. The van der Waals surface area contributed by atoms with E-state index in [1.54, 1.807) is 0 Å². The van der Waals surface area contributed by atoms with Crippen molar-refractivity contribution >= 4 is 0 Å². The average Bonchev–Trinajstić information content (AvgIpc) is 2.84. The van der Waals surface area contributed by atoms with Crippen molar-refractivity contribution in [1.29, 1.82) is 0 Å². The highest BCUT2D eigenvalue weighted by atomic mass is 16.5. The lowest BCUT2D eigenvalue weighted by Gasteiger charge is -2.28. The first kappa shape index (κ1) is 13.6. The molecular weight excluding hydrogens is 228 g/mol. The van der Waals surface area contributed by atoms with Gasteiger partial charge in [-0.15, -0.1) is 0 Å². The Balaban J connectivity index is 1.71. The molecule has 1 fully saturated rings. The number of ether oxygens (including phenoxy) is 1. The van der Waals surface area contributed by atoms with Crippen molar-refractivity contribution in [2.24, 2.45) is 0 Å². The Morgan fingerprint density at radius 3 is 2.94 bits per heavy atom. The van der Waals surface area contributed by atoms with E-state index in [1.807, 2.05) is 6.26 Å². The second-order valence-electron chi connectivity index (χ2n) is 5.02. The van der Waals surface area contributed by atoms with Crippen LogP contribution in [-0.4, -0.2) is 37.7 Å². The minimum Gasteiger partial charge on any atom is -0.467 e. The van der Waals surface area contributed by atoms with Gasteiger partial charge in [0.25, 0.3) is 0 Å². The first-order chi connectivity index (χ1) is 8.78. The Bertz CT molecular complexity index is 343. The topological polar surface area (TPSA) is 37.6 Å². The minimum absolute atomic E-state index is 0.392. The van der Waals surface area contributed by atoms with E-state index in [4.69, 9.17) is 9.15 Å². The maximum Gasteiger partial charge on any atom is 0.129 e. The van der Waals surface area contributed by atoms with Crippen molar-refractivity contribution in [2.75, 3.05) is 26.7 Å². The minimum atomic E-state index is 0.392. The molecule has 1 aliphatic rings. The number of furan rings is 1.